The smallest absolute Gasteiger partial charge is 0.261 e. The molecular formula is C24H17FN4O2S. The molecule has 5 rings (SSSR count). The molecule has 6 nitrogen and oxygen atoms in total. The van der Waals surface area contributed by atoms with Crippen molar-refractivity contribution in [2.24, 2.45) is 0 Å². The summed E-state index contributed by atoms with van der Waals surface area (Å²) in [6, 6.07) is 21.2. The summed E-state index contributed by atoms with van der Waals surface area (Å²) >= 11 is 1.22. The Morgan fingerprint density at radius 1 is 1.06 bits per heavy atom. The first kappa shape index (κ1) is 19.9. The van der Waals surface area contributed by atoms with Crippen LogP contribution in [0.4, 0.5) is 9.52 Å². The third kappa shape index (κ3) is 3.83. The maximum atomic E-state index is 13.5. The number of halogens is 1. The predicted molar refractivity (Wildman–Crippen MR) is 123 cm³/mol. The molecule has 0 aliphatic heterocycles. The minimum absolute atomic E-state index is 0.343. The summed E-state index contributed by atoms with van der Waals surface area (Å²) in [4.78, 5) is 17.6. The van der Waals surface area contributed by atoms with E-state index in [4.69, 9.17) is 4.74 Å². The van der Waals surface area contributed by atoms with Crippen molar-refractivity contribution in [2.45, 2.75) is 0 Å². The van der Waals surface area contributed by atoms with E-state index in [1.807, 2.05) is 54.6 Å². The Kier molecular flexibility index (Phi) is 5.12. The maximum Gasteiger partial charge on any atom is 0.261 e. The Morgan fingerprint density at radius 3 is 2.59 bits per heavy atom. The topological polar surface area (TPSA) is 69.0 Å². The molecule has 2 heterocycles. The lowest BCUT2D eigenvalue weighted by atomic mass is 10.1. The highest BCUT2D eigenvalue weighted by Crippen LogP contribution is 2.29. The molecule has 0 atom stereocenters. The molecule has 1 amide bonds. The van der Waals surface area contributed by atoms with Gasteiger partial charge >= 0.3 is 0 Å². The molecule has 0 fully saturated rings. The molecule has 8 heteroatoms. The number of nitrogens with zero attached hydrogens (tertiary/aromatic N) is 3. The van der Waals surface area contributed by atoms with E-state index in [9.17, 15) is 9.18 Å². The summed E-state index contributed by atoms with van der Waals surface area (Å²) in [5.41, 5.74) is 3.15. The molecule has 158 valence electrons. The quantitative estimate of drug-likeness (QED) is 0.386. The van der Waals surface area contributed by atoms with E-state index in [0.29, 0.717) is 32.4 Å². The summed E-state index contributed by atoms with van der Waals surface area (Å²) in [7, 11) is 1.60. The Balaban J connectivity index is 1.54. The molecule has 3 aromatic carbocycles. The van der Waals surface area contributed by atoms with Gasteiger partial charge in [0, 0.05) is 11.8 Å². The second kappa shape index (κ2) is 8.24. The SMILES string of the molecule is COc1ccc(-c2nn(-c3ccccc3)cc2C(=O)Nc2nc3ccc(F)cc3s2)cc1. The third-order valence-electron chi connectivity index (χ3n) is 4.91. The molecular weight excluding hydrogens is 427 g/mol. The summed E-state index contributed by atoms with van der Waals surface area (Å²) in [5, 5.41) is 7.90. The van der Waals surface area contributed by atoms with Crippen LogP contribution >= 0.6 is 11.3 Å². The lowest BCUT2D eigenvalue weighted by Gasteiger charge is -2.04. The number of methoxy groups -OCH3 is 1. The first-order chi connectivity index (χ1) is 15.6. The zero-order valence-corrected chi connectivity index (χ0v) is 17.8. The van der Waals surface area contributed by atoms with Gasteiger partial charge in [-0.25, -0.2) is 14.1 Å². The fourth-order valence-corrected chi connectivity index (χ4v) is 4.22. The van der Waals surface area contributed by atoms with Crippen LogP contribution in [0.25, 0.3) is 27.2 Å². The molecule has 0 bridgehead atoms. The van der Waals surface area contributed by atoms with Crippen molar-refractivity contribution in [2.75, 3.05) is 12.4 Å². The number of aromatic nitrogens is 3. The molecule has 0 aliphatic carbocycles. The number of carbonyl (C=O) groups excluding carboxylic acids is 1. The Labute approximate surface area is 186 Å². The van der Waals surface area contributed by atoms with Gasteiger partial charge in [-0.2, -0.15) is 5.10 Å². The first-order valence-corrected chi connectivity index (χ1v) is 10.6. The number of benzene rings is 3. The molecule has 0 aliphatic rings. The Morgan fingerprint density at radius 2 is 1.84 bits per heavy atom. The van der Waals surface area contributed by atoms with Gasteiger partial charge in [0.2, 0.25) is 0 Å². The molecule has 32 heavy (non-hydrogen) atoms. The average Bonchev–Trinajstić information content (AvgIpc) is 3.43. The molecule has 0 unspecified atom stereocenters. The lowest BCUT2D eigenvalue weighted by molar-refractivity contribution is 0.102. The number of hydrogen-bond donors (Lipinski definition) is 1. The van der Waals surface area contributed by atoms with Crippen molar-refractivity contribution in [3.63, 3.8) is 0 Å². The molecule has 0 radical (unpaired) electrons. The lowest BCUT2D eigenvalue weighted by Crippen LogP contribution is -2.12. The van der Waals surface area contributed by atoms with E-state index in [2.05, 4.69) is 15.4 Å². The fourth-order valence-electron chi connectivity index (χ4n) is 3.33. The van der Waals surface area contributed by atoms with Crippen LogP contribution in [0.2, 0.25) is 0 Å². The third-order valence-corrected chi connectivity index (χ3v) is 5.85. The van der Waals surface area contributed by atoms with Crippen molar-refractivity contribution < 1.29 is 13.9 Å². The molecule has 0 saturated heterocycles. The molecule has 5 aromatic rings. The van der Waals surface area contributed by atoms with E-state index < -0.39 is 0 Å². The van der Waals surface area contributed by atoms with Crippen LogP contribution in [-0.4, -0.2) is 27.8 Å². The van der Waals surface area contributed by atoms with Crippen molar-refractivity contribution in [1.82, 2.24) is 14.8 Å². The number of rotatable bonds is 5. The number of amides is 1. The first-order valence-electron chi connectivity index (χ1n) is 9.78. The number of fused-ring (bicyclic) bond motifs is 1. The summed E-state index contributed by atoms with van der Waals surface area (Å²) in [6.45, 7) is 0. The normalized spacial score (nSPS) is 10.9. The minimum Gasteiger partial charge on any atom is -0.497 e. The zero-order valence-electron chi connectivity index (χ0n) is 16.9. The van der Waals surface area contributed by atoms with Gasteiger partial charge in [-0.05, 0) is 54.6 Å². The molecule has 0 spiro atoms. The Bertz CT molecular complexity index is 1410. The highest BCUT2D eigenvalue weighted by molar-refractivity contribution is 7.22. The zero-order chi connectivity index (χ0) is 22.1. The van der Waals surface area contributed by atoms with Crippen molar-refractivity contribution in [1.29, 1.82) is 0 Å². The van der Waals surface area contributed by atoms with Gasteiger partial charge in [0.15, 0.2) is 5.13 Å². The van der Waals surface area contributed by atoms with Gasteiger partial charge in [-0.3, -0.25) is 10.1 Å². The van der Waals surface area contributed by atoms with E-state index in [1.165, 1.54) is 23.5 Å². The van der Waals surface area contributed by atoms with Crippen molar-refractivity contribution in [3.05, 3.63) is 90.4 Å². The van der Waals surface area contributed by atoms with Crippen molar-refractivity contribution >= 4 is 32.6 Å². The van der Waals surface area contributed by atoms with Gasteiger partial charge in [-0.1, -0.05) is 29.5 Å². The highest BCUT2D eigenvalue weighted by Gasteiger charge is 2.20. The molecule has 2 aromatic heterocycles. The van der Waals surface area contributed by atoms with Gasteiger partial charge in [-0.15, -0.1) is 0 Å². The summed E-state index contributed by atoms with van der Waals surface area (Å²) in [6.07, 6.45) is 1.69. The van der Waals surface area contributed by atoms with E-state index >= 15 is 0 Å². The number of ether oxygens (including phenoxy) is 1. The predicted octanol–water partition coefficient (Wildman–Crippen LogP) is 5.55. The monoisotopic (exact) mass is 444 g/mol. The number of para-hydroxylation sites is 1. The van der Waals surface area contributed by atoms with E-state index in [0.717, 1.165) is 11.3 Å². The highest BCUT2D eigenvalue weighted by atomic mass is 32.1. The van der Waals surface area contributed by atoms with E-state index in [1.54, 1.807) is 24.1 Å². The van der Waals surface area contributed by atoms with Crippen LogP contribution in [0.15, 0.2) is 79.0 Å². The number of hydrogen-bond acceptors (Lipinski definition) is 5. The van der Waals surface area contributed by atoms with Gasteiger partial charge in [0.05, 0.1) is 28.6 Å². The van der Waals surface area contributed by atoms with Crippen LogP contribution in [0, 0.1) is 5.82 Å². The number of carbonyl (C=O) groups is 1. The van der Waals surface area contributed by atoms with Crippen LogP contribution in [-0.2, 0) is 0 Å². The van der Waals surface area contributed by atoms with E-state index in [-0.39, 0.29) is 11.7 Å². The number of nitrogens with one attached hydrogen (secondary N) is 1. The van der Waals surface area contributed by atoms with Crippen molar-refractivity contribution in [3.8, 4) is 22.7 Å². The fraction of sp³-hybridized carbons (Fsp3) is 0.0417. The average molecular weight is 444 g/mol. The van der Waals surface area contributed by atoms with Crippen LogP contribution < -0.4 is 10.1 Å². The summed E-state index contributed by atoms with van der Waals surface area (Å²) in [5.74, 6) is 0.0198. The largest absolute Gasteiger partial charge is 0.497 e. The van der Waals surface area contributed by atoms with Crippen LogP contribution in [0.5, 0.6) is 5.75 Å². The molecule has 0 saturated carbocycles. The Hall–Kier alpha value is -4.04. The number of thiazole rings is 1. The van der Waals surface area contributed by atoms with Gasteiger partial charge in [0.1, 0.15) is 17.3 Å². The van der Waals surface area contributed by atoms with Gasteiger partial charge in [0.25, 0.3) is 5.91 Å². The van der Waals surface area contributed by atoms with Gasteiger partial charge < -0.3 is 4.74 Å². The second-order valence-corrected chi connectivity index (χ2v) is 8.02. The maximum absolute atomic E-state index is 13.5. The standard InChI is InChI=1S/C24H17FN4O2S/c1-31-18-10-7-15(8-11-18)22-19(14-29(28-22)17-5-3-2-4-6-17)23(30)27-24-26-20-12-9-16(25)13-21(20)32-24/h2-14H,1H3,(H,26,27,30). The summed E-state index contributed by atoms with van der Waals surface area (Å²) < 4.78 is 21.1. The number of anilines is 1. The van der Waals surface area contributed by atoms with Crippen LogP contribution in [0.3, 0.4) is 0 Å². The second-order valence-electron chi connectivity index (χ2n) is 6.99. The minimum atomic E-state index is -0.350. The van der Waals surface area contributed by atoms with Crippen LogP contribution in [0.1, 0.15) is 10.4 Å². The molecule has 1 N–H and O–H groups in total.